The maximum atomic E-state index is 8.55. The summed E-state index contributed by atoms with van der Waals surface area (Å²) in [6.45, 7) is 6.42. The lowest BCUT2D eigenvalue weighted by Gasteiger charge is -1.96. The molecule has 1 nitrogen and oxygen atoms in total. The van der Waals surface area contributed by atoms with E-state index >= 15 is 0 Å². The van der Waals surface area contributed by atoms with Crippen LogP contribution in [0.25, 0.3) is 0 Å². The van der Waals surface area contributed by atoms with Crippen LogP contribution in [0.15, 0.2) is 23.3 Å². The van der Waals surface area contributed by atoms with E-state index in [1.807, 2.05) is 6.08 Å². The number of aliphatic hydroxyl groups excluding tert-OH is 1. The molecule has 0 bridgehead atoms. The molecule has 0 heterocycles. The molecule has 0 saturated heterocycles. The number of allylic oxidation sites excluding steroid dienone is 3. The minimum Gasteiger partial charge on any atom is -0.392 e. The van der Waals surface area contributed by atoms with Crippen molar-refractivity contribution in [2.45, 2.75) is 33.6 Å². The Bertz CT molecular complexity index is 155. The van der Waals surface area contributed by atoms with E-state index in [9.17, 15) is 0 Å². The lowest BCUT2D eigenvalue weighted by Crippen LogP contribution is -1.80. The van der Waals surface area contributed by atoms with Crippen molar-refractivity contribution in [3.63, 3.8) is 0 Å². The molecule has 0 radical (unpaired) electrons. The fraction of sp³-hybridized carbons (Fsp3) is 0.600. The summed E-state index contributed by atoms with van der Waals surface area (Å²) >= 11 is 0. The Balaban J connectivity index is 0. The summed E-state index contributed by atoms with van der Waals surface area (Å²) in [5, 5.41) is 8.55. The average molecular weight is 282 g/mol. The van der Waals surface area contributed by atoms with Crippen molar-refractivity contribution < 1.29 is 5.11 Å². The summed E-state index contributed by atoms with van der Waals surface area (Å²) < 4.78 is 0. The second-order valence-corrected chi connectivity index (χ2v) is 3.05. The highest BCUT2D eigenvalue weighted by atomic mass is 127. The minimum atomic E-state index is 0. The lowest BCUT2D eigenvalue weighted by molar-refractivity contribution is 0.341. The highest BCUT2D eigenvalue weighted by molar-refractivity contribution is 14.0. The predicted octanol–water partition coefficient (Wildman–Crippen LogP) is 3.29. The molecule has 12 heavy (non-hydrogen) atoms. The second-order valence-electron chi connectivity index (χ2n) is 3.05. The minimum absolute atomic E-state index is 0. The van der Waals surface area contributed by atoms with Gasteiger partial charge in [-0.3, -0.25) is 0 Å². The van der Waals surface area contributed by atoms with Crippen LogP contribution in [0.4, 0.5) is 0 Å². The Labute approximate surface area is 92.6 Å². The first kappa shape index (κ1) is 14.7. The zero-order chi connectivity index (χ0) is 8.69. The van der Waals surface area contributed by atoms with E-state index < -0.39 is 0 Å². The van der Waals surface area contributed by atoms with Gasteiger partial charge in [-0.15, -0.1) is 24.0 Å². The van der Waals surface area contributed by atoms with Gasteiger partial charge < -0.3 is 5.11 Å². The van der Waals surface area contributed by atoms with Crippen molar-refractivity contribution in [3.8, 4) is 0 Å². The fourth-order valence-corrected chi connectivity index (χ4v) is 0.846. The van der Waals surface area contributed by atoms with E-state index in [0.717, 1.165) is 12.8 Å². The second kappa shape index (κ2) is 9.26. The molecule has 0 aromatic heterocycles. The number of hydrogen-bond donors (Lipinski definition) is 1. The SMILES string of the molecule is CC(C)=CCCC(C)=CCO.I. The van der Waals surface area contributed by atoms with Gasteiger partial charge in [0, 0.05) is 0 Å². The van der Waals surface area contributed by atoms with Gasteiger partial charge in [0.25, 0.3) is 0 Å². The fourth-order valence-electron chi connectivity index (χ4n) is 0.846. The van der Waals surface area contributed by atoms with Gasteiger partial charge in [0.15, 0.2) is 0 Å². The van der Waals surface area contributed by atoms with Crippen molar-refractivity contribution >= 4 is 24.0 Å². The van der Waals surface area contributed by atoms with Gasteiger partial charge in [0.2, 0.25) is 0 Å². The standard InChI is InChI=1S/C10H18O.HI/c1-9(2)5-4-6-10(3)7-8-11;/h5,7,11H,4,6,8H2,1-3H3;1H. The number of rotatable bonds is 4. The van der Waals surface area contributed by atoms with Crippen molar-refractivity contribution in [3.05, 3.63) is 23.3 Å². The third kappa shape index (κ3) is 10.2. The molecule has 0 atom stereocenters. The Morgan fingerprint density at radius 1 is 1.17 bits per heavy atom. The van der Waals surface area contributed by atoms with Gasteiger partial charge in [-0.2, -0.15) is 0 Å². The van der Waals surface area contributed by atoms with Crippen LogP contribution in [0, 0.1) is 0 Å². The highest BCUT2D eigenvalue weighted by Crippen LogP contribution is 2.05. The molecule has 0 aromatic rings. The largest absolute Gasteiger partial charge is 0.392 e. The molecule has 0 rings (SSSR count). The van der Waals surface area contributed by atoms with Crippen LogP contribution in [-0.2, 0) is 0 Å². The van der Waals surface area contributed by atoms with Gasteiger partial charge in [0.1, 0.15) is 0 Å². The Hall–Kier alpha value is 0.170. The molecule has 0 amide bonds. The first-order valence-corrected chi connectivity index (χ1v) is 4.06. The van der Waals surface area contributed by atoms with Crippen LogP contribution in [-0.4, -0.2) is 11.7 Å². The summed E-state index contributed by atoms with van der Waals surface area (Å²) in [6, 6.07) is 0. The normalized spacial score (nSPS) is 10.5. The molecule has 0 fully saturated rings. The average Bonchev–Trinajstić information content (AvgIpc) is 1.87. The third-order valence-corrected chi connectivity index (χ3v) is 1.53. The zero-order valence-electron chi connectivity index (χ0n) is 8.13. The van der Waals surface area contributed by atoms with Gasteiger partial charge in [-0.05, 0) is 33.6 Å². The first-order chi connectivity index (χ1) is 5.16. The molecule has 2 heteroatoms. The van der Waals surface area contributed by atoms with Crippen LogP contribution in [0.2, 0.25) is 0 Å². The molecule has 0 aliphatic heterocycles. The van der Waals surface area contributed by atoms with E-state index in [0.29, 0.717) is 0 Å². The van der Waals surface area contributed by atoms with Crippen LogP contribution in [0.3, 0.4) is 0 Å². The summed E-state index contributed by atoms with van der Waals surface area (Å²) in [4.78, 5) is 0. The van der Waals surface area contributed by atoms with Gasteiger partial charge in [-0.1, -0.05) is 23.3 Å². The summed E-state index contributed by atoms with van der Waals surface area (Å²) in [5.74, 6) is 0. The highest BCUT2D eigenvalue weighted by Gasteiger charge is 1.86. The monoisotopic (exact) mass is 282 g/mol. The molecule has 0 aromatic carbocycles. The summed E-state index contributed by atoms with van der Waals surface area (Å²) in [7, 11) is 0. The molecular formula is C10H19IO. The van der Waals surface area contributed by atoms with Crippen LogP contribution in [0.5, 0.6) is 0 Å². The van der Waals surface area contributed by atoms with Crippen LogP contribution < -0.4 is 0 Å². The molecule has 0 aliphatic carbocycles. The van der Waals surface area contributed by atoms with E-state index in [-0.39, 0.29) is 30.6 Å². The third-order valence-electron chi connectivity index (χ3n) is 1.53. The van der Waals surface area contributed by atoms with Crippen LogP contribution >= 0.6 is 24.0 Å². The van der Waals surface area contributed by atoms with E-state index in [1.165, 1.54) is 11.1 Å². The van der Waals surface area contributed by atoms with Gasteiger partial charge in [-0.25, -0.2) is 0 Å². The van der Waals surface area contributed by atoms with Crippen molar-refractivity contribution in [2.24, 2.45) is 0 Å². The topological polar surface area (TPSA) is 20.2 Å². The molecule has 0 spiro atoms. The summed E-state index contributed by atoms with van der Waals surface area (Å²) in [5.41, 5.74) is 2.63. The Morgan fingerprint density at radius 3 is 2.17 bits per heavy atom. The number of hydrogen-bond acceptors (Lipinski definition) is 1. The van der Waals surface area contributed by atoms with Gasteiger partial charge in [0.05, 0.1) is 6.61 Å². The summed E-state index contributed by atoms with van der Waals surface area (Å²) in [6.07, 6.45) is 6.23. The smallest absolute Gasteiger partial charge is 0.0614 e. The predicted molar refractivity (Wildman–Crippen MR) is 64.9 cm³/mol. The molecule has 1 N–H and O–H groups in total. The first-order valence-electron chi connectivity index (χ1n) is 4.06. The quantitative estimate of drug-likeness (QED) is 0.619. The molecule has 72 valence electrons. The van der Waals surface area contributed by atoms with E-state index in [1.54, 1.807) is 0 Å². The van der Waals surface area contributed by atoms with Gasteiger partial charge >= 0.3 is 0 Å². The van der Waals surface area contributed by atoms with Crippen molar-refractivity contribution in [1.82, 2.24) is 0 Å². The van der Waals surface area contributed by atoms with E-state index in [2.05, 4.69) is 26.8 Å². The molecule has 0 aliphatic rings. The van der Waals surface area contributed by atoms with E-state index in [4.69, 9.17) is 5.11 Å². The van der Waals surface area contributed by atoms with Crippen molar-refractivity contribution in [1.29, 1.82) is 0 Å². The molecule has 0 saturated carbocycles. The molecular weight excluding hydrogens is 263 g/mol. The lowest BCUT2D eigenvalue weighted by atomic mass is 10.1. The number of aliphatic hydroxyl groups is 1. The number of halogens is 1. The zero-order valence-corrected chi connectivity index (χ0v) is 10.5. The Kier molecular flexibility index (Phi) is 11.3. The van der Waals surface area contributed by atoms with Crippen LogP contribution in [0.1, 0.15) is 33.6 Å². The molecule has 0 unspecified atom stereocenters. The maximum absolute atomic E-state index is 8.55. The maximum Gasteiger partial charge on any atom is 0.0614 e. The van der Waals surface area contributed by atoms with Crippen molar-refractivity contribution in [2.75, 3.05) is 6.61 Å². The Morgan fingerprint density at radius 2 is 1.75 bits per heavy atom.